The third-order valence-corrected chi connectivity index (χ3v) is 4.00. The number of carbonyl (C=O) groups is 2. The molecule has 0 saturated carbocycles. The summed E-state index contributed by atoms with van der Waals surface area (Å²) in [4.78, 5) is 25.4. The number of nitrogens with zero attached hydrogens (tertiary/aromatic N) is 1. The van der Waals surface area contributed by atoms with Crippen LogP contribution in [0.2, 0.25) is 5.02 Å². The lowest BCUT2D eigenvalue weighted by Crippen LogP contribution is -2.39. The van der Waals surface area contributed by atoms with Crippen LogP contribution >= 0.6 is 11.6 Å². The van der Waals surface area contributed by atoms with Gasteiger partial charge in [-0.3, -0.25) is 9.59 Å². The van der Waals surface area contributed by atoms with Crippen molar-refractivity contribution >= 4 is 23.3 Å². The highest BCUT2D eigenvalue weighted by Gasteiger charge is 2.19. The molecule has 26 heavy (non-hydrogen) atoms. The quantitative estimate of drug-likeness (QED) is 0.658. The molecule has 0 radical (unpaired) electrons. The Balaban J connectivity index is 1.84. The van der Waals surface area contributed by atoms with Crippen molar-refractivity contribution in [3.05, 3.63) is 59.1 Å². The van der Waals surface area contributed by atoms with Crippen molar-refractivity contribution in [2.75, 3.05) is 20.2 Å². The first-order chi connectivity index (χ1) is 12.4. The molecule has 0 heterocycles. The number of ether oxygens (including phenoxy) is 2. The first kappa shape index (κ1) is 19.8. The number of ketones is 1. The molecule has 0 bridgehead atoms. The highest BCUT2D eigenvalue weighted by atomic mass is 35.5. The predicted octanol–water partition coefficient (Wildman–Crippen LogP) is 3.85. The SMILES string of the molecule is CC(=O)c1cccc(OC(C)C(=O)N(C)CCOc2cccc(Cl)c2)c1. The molecule has 1 atom stereocenters. The van der Waals surface area contributed by atoms with Gasteiger partial charge in [-0.1, -0.05) is 29.8 Å². The van der Waals surface area contributed by atoms with Gasteiger partial charge in [-0.25, -0.2) is 0 Å². The number of rotatable bonds is 8. The van der Waals surface area contributed by atoms with Gasteiger partial charge in [-0.2, -0.15) is 0 Å². The summed E-state index contributed by atoms with van der Waals surface area (Å²) in [7, 11) is 1.69. The summed E-state index contributed by atoms with van der Waals surface area (Å²) in [6.07, 6.45) is -0.673. The zero-order valence-electron chi connectivity index (χ0n) is 15.1. The summed E-state index contributed by atoms with van der Waals surface area (Å²) in [5.41, 5.74) is 0.547. The minimum Gasteiger partial charge on any atom is -0.492 e. The van der Waals surface area contributed by atoms with Gasteiger partial charge < -0.3 is 14.4 Å². The molecule has 0 aliphatic heterocycles. The fraction of sp³-hybridized carbons (Fsp3) is 0.300. The maximum absolute atomic E-state index is 12.4. The van der Waals surface area contributed by atoms with Crippen LogP contribution in [0.1, 0.15) is 24.2 Å². The Kier molecular flexibility index (Phi) is 7.04. The maximum atomic E-state index is 12.4. The summed E-state index contributed by atoms with van der Waals surface area (Å²) in [5, 5.41) is 0.599. The van der Waals surface area contributed by atoms with Crippen LogP contribution in [0.4, 0.5) is 0 Å². The van der Waals surface area contributed by atoms with Crippen molar-refractivity contribution in [2.24, 2.45) is 0 Å². The van der Waals surface area contributed by atoms with Gasteiger partial charge in [0.25, 0.3) is 5.91 Å². The Morgan fingerprint density at radius 2 is 1.81 bits per heavy atom. The van der Waals surface area contributed by atoms with E-state index < -0.39 is 6.10 Å². The third-order valence-electron chi connectivity index (χ3n) is 3.77. The van der Waals surface area contributed by atoms with E-state index in [9.17, 15) is 9.59 Å². The van der Waals surface area contributed by atoms with Gasteiger partial charge >= 0.3 is 0 Å². The van der Waals surface area contributed by atoms with E-state index in [2.05, 4.69) is 0 Å². The number of hydrogen-bond acceptors (Lipinski definition) is 4. The summed E-state index contributed by atoms with van der Waals surface area (Å²) >= 11 is 5.90. The number of carbonyl (C=O) groups excluding carboxylic acids is 2. The second-order valence-electron chi connectivity index (χ2n) is 5.91. The highest BCUT2D eigenvalue weighted by Crippen LogP contribution is 2.18. The van der Waals surface area contributed by atoms with Crippen molar-refractivity contribution < 1.29 is 19.1 Å². The monoisotopic (exact) mass is 375 g/mol. The zero-order valence-corrected chi connectivity index (χ0v) is 15.8. The minimum absolute atomic E-state index is 0.0512. The van der Waals surface area contributed by atoms with Crippen LogP contribution < -0.4 is 9.47 Å². The molecule has 6 heteroatoms. The lowest BCUT2D eigenvalue weighted by molar-refractivity contribution is -0.136. The zero-order chi connectivity index (χ0) is 19.1. The van der Waals surface area contributed by atoms with E-state index in [1.54, 1.807) is 67.4 Å². The Hall–Kier alpha value is -2.53. The molecule has 2 rings (SSSR count). The Morgan fingerprint density at radius 1 is 1.12 bits per heavy atom. The average molecular weight is 376 g/mol. The fourth-order valence-electron chi connectivity index (χ4n) is 2.32. The van der Waals surface area contributed by atoms with Crippen LogP contribution in [0.25, 0.3) is 0 Å². The van der Waals surface area contributed by atoms with Crippen LogP contribution in [-0.4, -0.2) is 42.9 Å². The minimum atomic E-state index is -0.673. The average Bonchev–Trinajstić information content (AvgIpc) is 2.61. The van der Waals surface area contributed by atoms with E-state index in [1.807, 2.05) is 0 Å². The Morgan fingerprint density at radius 3 is 2.50 bits per heavy atom. The van der Waals surface area contributed by atoms with Gasteiger partial charge in [0.15, 0.2) is 11.9 Å². The van der Waals surface area contributed by atoms with Crippen LogP contribution in [0.5, 0.6) is 11.5 Å². The molecule has 2 aromatic carbocycles. The Labute approximate surface area is 158 Å². The second-order valence-corrected chi connectivity index (χ2v) is 6.35. The van der Waals surface area contributed by atoms with E-state index in [0.29, 0.717) is 35.2 Å². The summed E-state index contributed by atoms with van der Waals surface area (Å²) in [5.74, 6) is 0.920. The molecule has 0 aliphatic rings. The molecule has 2 aromatic rings. The third kappa shape index (κ3) is 5.77. The van der Waals surface area contributed by atoms with Crippen LogP contribution in [0.15, 0.2) is 48.5 Å². The second kappa shape index (κ2) is 9.25. The van der Waals surface area contributed by atoms with Crippen LogP contribution in [0, 0.1) is 0 Å². The van der Waals surface area contributed by atoms with E-state index in [4.69, 9.17) is 21.1 Å². The van der Waals surface area contributed by atoms with E-state index in [0.717, 1.165) is 0 Å². The van der Waals surface area contributed by atoms with Gasteiger partial charge in [0.1, 0.15) is 18.1 Å². The van der Waals surface area contributed by atoms with Crippen LogP contribution in [0.3, 0.4) is 0 Å². The Bertz CT molecular complexity index is 778. The smallest absolute Gasteiger partial charge is 0.263 e. The van der Waals surface area contributed by atoms with Crippen molar-refractivity contribution in [1.29, 1.82) is 0 Å². The largest absolute Gasteiger partial charge is 0.492 e. The topological polar surface area (TPSA) is 55.8 Å². The van der Waals surface area contributed by atoms with Crippen molar-refractivity contribution in [1.82, 2.24) is 4.90 Å². The molecule has 1 unspecified atom stereocenters. The summed E-state index contributed by atoms with van der Waals surface area (Å²) in [6, 6.07) is 13.9. The lowest BCUT2D eigenvalue weighted by Gasteiger charge is -2.22. The van der Waals surface area contributed by atoms with Crippen molar-refractivity contribution in [3.63, 3.8) is 0 Å². The normalized spacial score (nSPS) is 11.5. The number of amides is 1. The molecule has 0 saturated heterocycles. The fourth-order valence-corrected chi connectivity index (χ4v) is 2.50. The molecule has 0 spiro atoms. The number of hydrogen-bond donors (Lipinski definition) is 0. The number of benzene rings is 2. The van der Waals surface area contributed by atoms with Crippen molar-refractivity contribution in [3.8, 4) is 11.5 Å². The molecule has 0 N–H and O–H groups in total. The number of Topliss-reactive ketones (excluding diaryl/α,β-unsaturated/α-hetero) is 1. The predicted molar refractivity (Wildman–Crippen MR) is 101 cm³/mol. The van der Waals surface area contributed by atoms with E-state index in [1.165, 1.54) is 6.92 Å². The molecular weight excluding hydrogens is 354 g/mol. The first-order valence-electron chi connectivity index (χ1n) is 8.28. The molecule has 5 nitrogen and oxygen atoms in total. The highest BCUT2D eigenvalue weighted by molar-refractivity contribution is 6.30. The number of likely N-dealkylation sites (N-methyl/N-ethyl adjacent to an activating group) is 1. The molecule has 1 amide bonds. The lowest BCUT2D eigenvalue weighted by atomic mass is 10.1. The molecular formula is C20H22ClNO4. The van der Waals surface area contributed by atoms with Crippen LogP contribution in [-0.2, 0) is 4.79 Å². The molecule has 138 valence electrons. The summed E-state index contributed by atoms with van der Waals surface area (Å²) in [6.45, 7) is 3.92. The maximum Gasteiger partial charge on any atom is 0.263 e. The van der Waals surface area contributed by atoms with E-state index >= 15 is 0 Å². The van der Waals surface area contributed by atoms with E-state index in [-0.39, 0.29) is 11.7 Å². The van der Waals surface area contributed by atoms with Gasteiger partial charge in [-0.15, -0.1) is 0 Å². The molecule has 0 aliphatic carbocycles. The molecule has 0 aromatic heterocycles. The number of halogens is 1. The van der Waals surface area contributed by atoms with Gasteiger partial charge in [0.2, 0.25) is 0 Å². The van der Waals surface area contributed by atoms with Gasteiger partial charge in [0, 0.05) is 17.6 Å². The standard InChI is InChI=1S/C20H22ClNO4/c1-14(23)16-6-4-9-19(12-16)26-15(2)20(24)22(3)10-11-25-18-8-5-7-17(21)13-18/h4-9,12-13,15H,10-11H2,1-3H3. The first-order valence-corrected chi connectivity index (χ1v) is 8.65. The van der Waals surface area contributed by atoms with Gasteiger partial charge in [-0.05, 0) is 44.2 Å². The van der Waals surface area contributed by atoms with Gasteiger partial charge in [0.05, 0.1) is 6.54 Å². The van der Waals surface area contributed by atoms with Crippen molar-refractivity contribution in [2.45, 2.75) is 20.0 Å². The molecule has 0 fully saturated rings. The summed E-state index contributed by atoms with van der Waals surface area (Å²) < 4.78 is 11.3.